The van der Waals surface area contributed by atoms with E-state index in [9.17, 15) is 4.79 Å². The SMILES string of the molecule is CCC(C(=O)N1C[C@H]2CC[C@@H](C1)C2N)n1cccn1. The molecule has 1 aromatic rings. The van der Waals surface area contributed by atoms with E-state index < -0.39 is 0 Å². The van der Waals surface area contributed by atoms with E-state index in [1.54, 1.807) is 10.9 Å². The molecule has 0 aromatic carbocycles. The normalized spacial score (nSPS) is 31.5. The van der Waals surface area contributed by atoms with Crippen LogP contribution in [0.4, 0.5) is 0 Å². The van der Waals surface area contributed by atoms with Crippen molar-refractivity contribution in [3.63, 3.8) is 0 Å². The summed E-state index contributed by atoms with van der Waals surface area (Å²) in [6, 6.07) is 2.00. The van der Waals surface area contributed by atoms with Crippen molar-refractivity contribution in [2.45, 2.75) is 38.3 Å². The van der Waals surface area contributed by atoms with E-state index in [0.717, 1.165) is 19.5 Å². The smallest absolute Gasteiger partial charge is 0.247 e. The highest BCUT2D eigenvalue weighted by molar-refractivity contribution is 5.80. The Morgan fingerprint density at radius 3 is 2.63 bits per heavy atom. The Morgan fingerprint density at radius 2 is 2.11 bits per heavy atom. The summed E-state index contributed by atoms with van der Waals surface area (Å²) in [5.74, 6) is 1.20. The van der Waals surface area contributed by atoms with Crippen LogP contribution in [0.2, 0.25) is 0 Å². The lowest BCUT2D eigenvalue weighted by atomic mass is 9.92. The van der Waals surface area contributed by atoms with Gasteiger partial charge in [-0.15, -0.1) is 0 Å². The Balaban J connectivity index is 1.74. The first-order valence-corrected chi connectivity index (χ1v) is 7.24. The number of hydrogen-bond donors (Lipinski definition) is 1. The van der Waals surface area contributed by atoms with Crippen LogP contribution in [-0.4, -0.2) is 39.7 Å². The molecule has 2 unspecified atom stereocenters. The van der Waals surface area contributed by atoms with E-state index in [1.807, 2.05) is 24.1 Å². The van der Waals surface area contributed by atoms with Gasteiger partial charge in [-0.2, -0.15) is 5.10 Å². The monoisotopic (exact) mass is 262 g/mol. The van der Waals surface area contributed by atoms with Crippen LogP contribution in [0.15, 0.2) is 18.5 Å². The summed E-state index contributed by atoms with van der Waals surface area (Å²) in [5, 5.41) is 4.22. The van der Waals surface area contributed by atoms with Crippen LogP contribution in [0.5, 0.6) is 0 Å². The number of hydrogen-bond acceptors (Lipinski definition) is 3. The van der Waals surface area contributed by atoms with Crippen LogP contribution in [-0.2, 0) is 4.79 Å². The van der Waals surface area contributed by atoms with Crippen molar-refractivity contribution in [1.29, 1.82) is 0 Å². The van der Waals surface area contributed by atoms with Crippen LogP contribution < -0.4 is 5.73 Å². The molecule has 4 atom stereocenters. The molecular weight excluding hydrogens is 240 g/mol. The Labute approximate surface area is 113 Å². The van der Waals surface area contributed by atoms with E-state index in [-0.39, 0.29) is 11.9 Å². The van der Waals surface area contributed by atoms with Crippen molar-refractivity contribution < 1.29 is 4.79 Å². The highest BCUT2D eigenvalue weighted by atomic mass is 16.2. The number of piperidine rings is 1. The number of fused-ring (bicyclic) bond motifs is 2. The minimum absolute atomic E-state index is 0.163. The molecule has 2 bridgehead atoms. The van der Waals surface area contributed by atoms with Gasteiger partial charge >= 0.3 is 0 Å². The zero-order valence-corrected chi connectivity index (χ0v) is 11.4. The van der Waals surface area contributed by atoms with Gasteiger partial charge in [0.05, 0.1) is 0 Å². The third kappa shape index (κ3) is 2.16. The molecule has 1 aliphatic carbocycles. The minimum atomic E-state index is -0.163. The molecule has 19 heavy (non-hydrogen) atoms. The van der Waals surface area contributed by atoms with Gasteiger partial charge in [-0.1, -0.05) is 6.92 Å². The molecule has 1 aliphatic heterocycles. The Morgan fingerprint density at radius 1 is 1.42 bits per heavy atom. The van der Waals surface area contributed by atoms with Crippen molar-refractivity contribution >= 4 is 5.91 Å². The molecule has 0 spiro atoms. The summed E-state index contributed by atoms with van der Waals surface area (Å²) >= 11 is 0. The highest BCUT2D eigenvalue weighted by Crippen LogP contribution is 2.36. The molecule has 1 amide bonds. The van der Waals surface area contributed by atoms with Gasteiger partial charge < -0.3 is 10.6 Å². The quantitative estimate of drug-likeness (QED) is 0.885. The van der Waals surface area contributed by atoms with E-state index in [2.05, 4.69) is 5.10 Å². The van der Waals surface area contributed by atoms with Gasteiger partial charge in [0.2, 0.25) is 5.91 Å². The van der Waals surface area contributed by atoms with E-state index in [0.29, 0.717) is 17.9 Å². The van der Waals surface area contributed by atoms with E-state index >= 15 is 0 Å². The van der Waals surface area contributed by atoms with Crippen LogP contribution in [0.3, 0.4) is 0 Å². The maximum absolute atomic E-state index is 12.7. The van der Waals surface area contributed by atoms with Crippen LogP contribution in [0.25, 0.3) is 0 Å². The fourth-order valence-corrected chi connectivity index (χ4v) is 3.60. The predicted octanol–water partition coefficient (Wildman–Crippen LogP) is 1.03. The van der Waals surface area contributed by atoms with E-state index in [1.165, 1.54) is 12.8 Å². The molecule has 3 rings (SSSR count). The summed E-state index contributed by atoms with van der Waals surface area (Å²) in [6.07, 6.45) is 6.73. The fraction of sp³-hybridized carbons (Fsp3) is 0.714. The number of nitrogens with two attached hydrogens (primary N) is 1. The summed E-state index contributed by atoms with van der Waals surface area (Å²) in [7, 11) is 0. The zero-order chi connectivity index (χ0) is 13.4. The van der Waals surface area contributed by atoms with Crippen molar-refractivity contribution in [2.75, 3.05) is 13.1 Å². The fourth-order valence-electron chi connectivity index (χ4n) is 3.60. The standard InChI is InChI=1S/C14H22N4O/c1-2-12(18-7-3-6-16-18)14(19)17-8-10-4-5-11(9-17)13(10)15/h3,6-7,10-13H,2,4-5,8-9,15H2,1H3/t10-,11+,12?,13?. The minimum Gasteiger partial charge on any atom is -0.340 e. The van der Waals surface area contributed by atoms with Crippen LogP contribution in [0.1, 0.15) is 32.2 Å². The summed E-state index contributed by atoms with van der Waals surface area (Å²) < 4.78 is 1.78. The highest BCUT2D eigenvalue weighted by Gasteiger charge is 2.42. The third-order valence-electron chi connectivity index (χ3n) is 4.73. The Kier molecular flexibility index (Phi) is 3.31. The topological polar surface area (TPSA) is 64.2 Å². The first-order valence-electron chi connectivity index (χ1n) is 7.24. The van der Waals surface area contributed by atoms with Crippen molar-refractivity contribution in [1.82, 2.24) is 14.7 Å². The molecule has 0 radical (unpaired) electrons. The molecule has 2 aliphatic rings. The number of nitrogens with zero attached hydrogens (tertiary/aromatic N) is 3. The molecular formula is C14H22N4O. The number of aromatic nitrogens is 2. The second-order valence-electron chi connectivity index (χ2n) is 5.83. The lowest BCUT2D eigenvalue weighted by Gasteiger charge is -2.37. The van der Waals surface area contributed by atoms with Crippen LogP contribution >= 0.6 is 0 Å². The van der Waals surface area contributed by atoms with Gasteiger partial charge in [0.1, 0.15) is 6.04 Å². The number of rotatable bonds is 3. The lowest BCUT2D eigenvalue weighted by molar-refractivity contribution is -0.137. The molecule has 2 heterocycles. The number of carbonyl (C=O) groups excluding carboxylic acids is 1. The third-order valence-corrected chi connectivity index (χ3v) is 4.73. The van der Waals surface area contributed by atoms with Crippen LogP contribution in [0, 0.1) is 11.8 Å². The van der Waals surface area contributed by atoms with Gasteiger partial charge in [-0.05, 0) is 37.2 Å². The zero-order valence-electron chi connectivity index (χ0n) is 11.4. The maximum Gasteiger partial charge on any atom is 0.247 e. The second kappa shape index (κ2) is 4.96. The maximum atomic E-state index is 12.7. The first-order chi connectivity index (χ1) is 9.20. The molecule has 1 aromatic heterocycles. The average Bonchev–Trinajstić information content (AvgIpc) is 2.97. The largest absolute Gasteiger partial charge is 0.340 e. The number of amides is 1. The number of likely N-dealkylation sites (tertiary alicyclic amines) is 1. The van der Waals surface area contributed by atoms with Crippen molar-refractivity contribution in [2.24, 2.45) is 17.6 Å². The first kappa shape index (κ1) is 12.7. The summed E-state index contributed by atoms with van der Waals surface area (Å²) in [5.41, 5.74) is 6.19. The predicted molar refractivity (Wildman–Crippen MR) is 72.3 cm³/mol. The van der Waals surface area contributed by atoms with E-state index in [4.69, 9.17) is 5.73 Å². The van der Waals surface area contributed by atoms with Crippen molar-refractivity contribution in [3.8, 4) is 0 Å². The van der Waals surface area contributed by atoms with Crippen molar-refractivity contribution in [3.05, 3.63) is 18.5 Å². The Hall–Kier alpha value is -1.36. The molecule has 1 saturated carbocycles. The number of carbonyl (C=O) groups is 1. The molecule has 1 saturated heterocycles. The van der Waals surface area contributed by atoms with Gasteiger partial charge in [0, 0.05) is 31.5 Å². The second-order valence-corrected chi connectivity index (χ2v) is 5.83. The lowest BCUT2D eigenvalue weighted by Crippen LogP contribution is -2.52. The molecule has 5 nitrogen and oxygen atoms in total. The summed E-state index contributed by atoms with van der Waals surface area (Å²) in [6.45, 7) is 3.69. The van der Waals surface area contributed by atoms with Gasteiger partial charge in [0.15, 0.2) is 0 Å². The van der Waals surface area contributed by atoms with Gasteiger partial charge in [-0.3, -0.25) is 9.48 Å². The molecule has 2 N–H and O–H groups in total. The average molecular weight is 262 g/mol. The Bertz CT molecular complexity index is 430. The van der Waals surface area contributed by atoms with Gasteiger partial charge in [-0.25, -0.2) is 0 Å². The summed E-state index contributed by atoms with van der Waals surface area (Å²) in [4.78, 5) is 14.7. The molecule has 2 fully saturated rings. The van der Waals surface area contributed by atoms with Gasteiger partial charge in [0.25, 0.3) is 0 Å². The molecule has 104 valence electrons. The molecule has 5 heteroatoms.